The number of aromatic nitrogens is 1. The number of benzene rings is 1. The predicted octanol–water partition coefficient (Wildman–Crippen LogP) is 2.66. The molecule has 128 valence electrons. The molecule has 7 heteroatoms. The third kappa shape index (κ3) is 3.91. The number of pyridine rings is 1. The van der Waals surface area contributed by atoms with Gasteiger partial charge in [0.15, 0.2) is 0 Å². The summed E-state index contributed by atoms with van der Waals surface area (Å²) in [7, 11) is -3.42. The van der Waals surface area contributed by atoms with Crippen LogP contribution in [0.3, 0.4) is 0 Å². The fourth-order valence-electron chi connectivity index (χ4n) is 2.70. The van der Waals surface area contributed by atoms with Gasteiger partial charge in [-0.05, 0) is 49.1 Å². The smallest absolute Gasteiger partial charge is 0.244 e. The molecule has 3 rings (SSSR count). The minimum atomic E-state index is -3.42. The highest BCUT2D eigenvalue weighted by atomic mass is 32.2. The summed E-state index contributed by atoms with van der Waals surface area (Å²) in [4.78, 5) is 4.41. The van der Waals surface area contributed by atoms with Gasteiger partial charge in [-0.25, -0.2) is 17.8 Å². The molecule has 0 aliphatic carbocycles. The molecule has 0 atom stereocenters. The van der Waals surface area contributed by atoms with E-state index in [-0.39, 0.29) is 10.7 Å². The van der Waals surface area contributed by atoms with Gasteiger partial charge >= 0.3 is 0 Å². The maximum atomic E-state index is 12.8. The molecule has 1 aromatic heterocycles. The minimum absolute atomic E-state index is 0.230. The van der Waals surface area contributed by atoms with E-state index in [1.54, 1.807) is 24.3 Å². The van der Waals surface area contributed by atoms with Crippen molar-refractivity contribution >= 4 is 15.8 Å². The van der Waals surface area contributed by atoms with E-state index in [1.807, 2.05) is 0 Å². The van der Waals surface area contributed by atoms with Crippen molar-refractivity contribution in [2.24, 2.45) is 0 Å². The number of rotatable bonds is 6. The molecule has 0 amide bonds. The molecule has 1 saturated heterocycles. The van der Waals surface area contributed by atoms with Gasteiger partial charge in [-0.15, -0.1) is 0 Å². The first-order valence-corrected chi connectivity index (χ1v) is 9.44. The molecule has 0 radical (unpaired) electrons. The first kappa shape index (κ1) is 16.9. The van der Waals surface area contributed by atoms with E-state index in [9.17, 15) is 12.8 Å². The van der Waals surface area contributed by atoms with Crippen LogP contribution in [0.2, 0.25) is 0 Å². The lowest BCUT2D eigenvalue weighted by atomic mass is 10.1. The Morgan fingerprint density at radius 3 is 2.42 bits per heavy atom. The van der Waals surface area contributed by atoms with Crippen molar-refractivity contribution in [3.05, 3.63) is 54.0 Å². The number of sulfonamides is 1. The summed E-state index contributed by atoms with van der Waals surface area (Å²) in [5.74, 6) is 0.376. The van der Waals surface area contributed by atoms with Crippen molar-refractivity contribution in [3.63, 3.8) is 0 Å². The molecule has 1 fully saturated rings. The molecule has 1 N–H and O–H groups in total. The topological polar surface area (TPSA) is 62.3 Å². The molecule has 2 aromatic rings. The molecule has 0 bridgehead atoms. The Morgan fingerprint density at radius 2 is 1.79 bits per heavy atom. The average Bonchev–Trinajstić information content (AvgIpc) is 3.13. The van der Waals surface area contributed by atoms with Gasteiger partial charge in [0.25, 0.3) is 0 Å². The largest absolute Gasteiger partial charge is 0.370 e. The molecule has 1 aliphatic rings. The van der Waals surface area contributed by atoms with Gasteiger partial charge in [0, 0.05) is 25.8 Å². The van der Waals surface area contributed by atoms with Crippen LogP contribution >= 0.6 is 0 Å². The number of hydrogen-bond donors (Lipinski definition) is 1. The van der Waals surface area contributed by atoms with Crippen LogP contribution in [0, 0.1) is 5.82 Å². The normalized spacial score (nSPS) is 15.5. The predicted molar refractivity (Wildman–Crippen MR) is 90.8 cm³/mol. The summed E-state index contributed by atoms with van der Waals surface area (Å²) in [6, 6.07) is 9.62. The third-order valence-electron chi connectivity index (χ3n) is 4.07. The van der Waals surface area contributed by atoms with Crippen LogP contribution in [0.15, 0.2) is 47.5 Å². The maximum Gasteiger partial charge on any atom is 0.244 e. The van der Waals surface area contributed by atoms with Crippen LogP contribution in [-0.4, -0.2) is 37.3 Å². The molecule has 0 unspecified atom stereocenters. The van der Waals surface area contributed by atoms with Crippen LogP contribution in [-0.2, 0) is 16.4 Å². The molecule has 2 heterocycles. The van der Waals surface area contributed by atoms with Crippen molar-refractivity contribution in [1.82, 2.24) is 9.29 Å². The van der Waals surface area contributed by atoms with Gasteiger partial charge < -0.3 is 5.32 Å². The van der Waals surface area contributed by atoms with E-state index < -0.39 is 10.0 Å². The number of nitrogens with one attached hydrogen (secondary N) is 1. The Labute approximate surface area is 141 Å². The molecule has 1 aliphatic heterocycles. The second kappa shape index (κ2) is 7.27. The van der Waals surface area contributed by atoms with Crippen molar-refractivity contribution in [2.45, 2.75) is 24.2 Å². The van der Waals surface area contributed by atoms with Gasteiger partial charge in [-0.1, -0.05) is 12.1 Å². The SMILES string of the molecule is O=S(=O)(c1ccc(NCCc2ccc(F)cc2)nc1)N1CCCC1. The highest BCUT2D eigenvalue weighted by Crippen LogP contribution is 2.20. The van der Waals surface area contributed by atoms with E-state index in [0.717, 1.165) is 24.8 Å². The van der Waals surface area contributed by atoms with Crippen molar-refractivity contribution < 1.29 is 12.8 Å². The first-order valence-electron chi connectivity index (χ1n) is 8.00. The summed E-state index contributed by atoms with van der Waals surface area (Å²) >= 11 is 0. The number of hydrogen-bond acceptors (Lipinski definition) is 4. The zero-order valence-electron chi connectivity index (χ0n) is 13.3. The summed E-state index contributed by atoms with van der Waals surface area (Å²) in [6.07, 6.45) is 3.95. The van der Waals surface area contributed by atoms with E-state index >= 15 is 0 Å². The lowest BCUT2D eigenvalue weighted by molar-refractivity contribution is 0.477. The van der Waals surface area contributed by atoms with Crippen molar-refractivity contribution in [1.29, 1.82) is 0 Å². The third-order valence-corrected chi connectivity index (χ3v) is 5.95. The highest BCUT2D eigenvalue weighted by Gasteiger charge is 2.27. The fourth-order valence-corrected chi connectivity index (χ4v) is 4.16. The van der Waals surface area contributed by atoms with E-state index in [2.05, 4.69) is 10.3 Å². The Hall–Kier alpha value is -1.99. The molecule has 24 heavy (non-hydrogen) atoms. The van der Waals surface area contributed by atoms with Gasteiger partial charge in [-0.3, -0.25) is 0 Å². The zero-order valence-corrected chi connectivity index (χ0v) is 14.1. The fraction of sp³-hybridized carbons (Fsp3) is 0.353. The van der Waals surface area contributed by atoms with Gasteiger partial charge in [-0.2, -0.15) is 4.31 Å². The van der Waals surface area contributed by atoms with Crippen LogP contribution in [0.1, 0.15) is 18.4 Å². The quantitative estimate of drug-likeness (QED) is 0.871. The van der Waals surface area contributed by atoms with Crippen molar-refractivity contribution in [3.8, 4) is 0 Å². The summed E-state index contributed by atoms with van der Waals surface area (Å²) < 4.78 is 39.2. The first-order chi connectivity index (χ1) is 11.6. The van der Waals surface area contributed by atoms with Gasteiger partial charge in [0.05, 0.1) is 0 Å². The van der Waals surface area contributed by atoms with Gasteiger partial charge in [0.2, 0.25) is 10.0 Å². The summed E-state index contributed by atoms with van der Waals surface area (Å²) in [6.45, 7) is 1.80. The second-order valence-corrected chi connectivity index (χ2v) is 7.73. The molecule has 0 spiro atoms. The summed E-state index contributed by atoms with van der Waals surface area (Å²) in [5, 5.41) is 3.14. The van der Waals surface area contributed by atoms with Crippen LogP contribution < -0.4 is 5.32 Å². The lowest BCUT2D eigenvalue weighted by Gasteiger charge is -2.15. The molecule has 0 saturated carbocycles. The Bertz CT molecular complexity index is 770. The molecular weight excluding hydrogens is 329 g/mol. The number of halogens is 1. The van der Waals surface area contributed by atoms with Crippen LogP contribution in [0.5, 0.6) is 0 Å². The average molecular weight is 349 g/mol. The lowest BCUT2D eigenvalue weighted by Crippen LogP contribution is -2.27. The van der Waals surface area contributed by atoms with E-state index in [0.29, 0.717) is 25.5 Å². The Kier molecular flexibility index (Phi) is 5.11. The monoisotopic (exact) mass is 349 g/mol. The standard InChI is InChI=1S/C17H20FN3O2S/c18-15-5-3-14(4-6-15)9-10-19-17-8-7-16(13-20-17)24(22,23)21-11-1-2-12-21/h3-8,13H,1-2,9-12H2,(H,19,20). The maximum absolute atomic E-state index is 12.8. The van der Waals surface area contributed by atoms with E-state index in [1.165, 1.54) is 22.6 Å². The van der Waals surface area contributed by atoms with Crippen LogP contribution in [0.25, 0.3) is 0 Å². The molecular formula is C17H20FN3O2S. The second-order valence-electron chi connectivity index (χ2n) is 5.79. The molecule has 5 nitrogen and oxygen atoms in total. The zero-order chi connectivity index (χ0) is 17.0. The summed E-state index contributed by atoms with van der Waals surface area (Å²) in [5.41, 5.74) is 1.03. The molecule has 1 aromatic carbocycles. The minimum Gasteiger partial charge on any atom is -0.370 e. The Balaban J connectivity index is 1.57. The number of anilines is 1. The number of nitrogens with zero attached hydrogens (tertiary/aromatic N) is 2. The van der Waals surface area contributed by atoms with Gasteiger partial charge in [0.1, 0.15) is 16.5 Å². The Morgan fingerprint density at radius 1 is 1.08 bits per heavy atom. The van der Waals surface area contributed by atoms with E-state index in [4.69, 9.17) is 0 Å². The van der Waals surface area contributed by atoms with Crippen molar-refractivity contribution in [2.75, 3.05) is 25.0 Å². The highest BCUT2D eigenvalue weighted by molar-refractivity contribution is 7.89. The van der Waals surface area contributed by atoms with Crippen LogP contribution in [0.4, 0.5) is 10.2 Å².